The number of hydrogen-bond acceptors (Lipinski definition) is 2. The highest BCUT2D eigenvalue weighted by Gasteiger charge is 2.17. The maximum atomic E-state index is 13.5. The van der Waals surface area contributed by atoms with Crippen LogP contribution < -0.4 is 10.2 Å². The Bertz CT molecular complexity index is 742. The van der Waals surface area contributed by atoms with Gasteiger partial charge in [-0.15, -0.1) is 0 Å². The van der Waals surface area contributed by atoms with E-state index in [1.165, 1.54) is 17.9 Å². The number of halogens is 2. The maximum Gasteiger partial charge on any atom is 0.226 e. The maximum absolute atomic E-state index is 13.5. The second-order valence-electron chi connectivity index (χ2n) is 5.35. The van der Waals surface area contributed by atoms with E-state index in [1.807, 2.05) is 19.1 Å². The first kappa shape index (κ1) is 17.6. The molecule has 0 unspecified atom stereocenters. The fourth-order valence-corrected chi connectivity index (χ4v) is 2.35. The van der Waals surface area contributed by atoms with E-state index in [2.05, 4.69) is 5.32 Å². The van der Waals surface area contributed by atoms with Gasteiger partial charge in [0.05, 0.1) is 0 Å². The molecule has 0 spiro atoms. The zero-order valence-corrected chi connectivity index (χ0v) is 13.5. The van der Waals surface area contributed by atoms with Crippen LogP contribution in [-0.2, 0) is 9.59 Å². The molecule has 2 aromatic carbocycles. The van der Waals surface area contributed by atoms with Crippen molar-refractivity contribution in [1.82, 2.24) is 0 Å². The van der Waals surface area contributed by atoms with Crippen molar-refractivity contribution in [2.75, 3.05) is 16.8 Å². The number of carbonyl (C=O) groups is 2. The van der Waals surface area contributed by atoms with E-state index in [4.69, 9.17) is 0 Å². The van der Waals surface area contributed by atoms with E-state index in [-0.39, 0.29) is 18.9 Å². The number of benzene rings is 2. The Kier molecular flexibility index (Phi) is 5.63. The van der Waals surface area contributed by atoms with E-state index >= 15 is 0 Å². The molecule has 0 aromatic heterocycles. The summed E-state index contributed by atoms with van der Waals surface area (Å²) >= 11 is 0. The van der Waals surface area contributed by atoms with Crippen LogP contribution in [0.3, 0.4) is 0 Å². The molecule has 24 heavy (non-hydrogen) atoms. The smallest absolute Gasteiger partial charge is 0.226 e. The molecule has 2 amide bonds. The molecule has 0 saturated heterocycles. The molecule has 6 heteroatoms. The topological polar surface area (TPSA) is 49.4 Å². The Morgan fingerprint density at radius 1 is 1.04 bits per heavy atom. The molecule has 0 saturated carbocycles. The van der Waals surface area contributed by atoms with Gasteiger partial charge in [-0.05, 0) is 30.7 Å². The summed E-state index contributed by atoms with van der Waals surface area (Å²) in [4.78, 5) is 25.3. The number of hydrogen-bond donors (Lipinski definition) is 1. The van der Waals surface area contributed by atoms with Crippen molar-refractivity contribution >= 4 is 23.2 Å². The van der Waals surface area contributed by atoms with E-state index in [1.54, 1.807) is 12.1 Å². The van der Waals surface area contributed by atoms with Crippen LogP contribution in [0.2, 0.25) is 0 Å². The van der Waals surface area contributed by atoms with Crippen LogP contribution in [0.25, 0.3) is 0 Å². The van der Waals surface area contributed by atoms with Crippen molar-refractivity contribution < 1.29 is 18.4 Å². The summed E-state index contributed by atoms with van der Waals surface area (Å²) in [5, 5.41) is 2.21. The number of carbonyl (C=O) groups excluding carboxylic acids is 2. The predicted octanol–water partition coefficient (Wildman–Crippen LogP) is 3.65. The first-order valence-corrected chi connectivity index (χ1v) is 7.47. The number of amides is 2. The second kappa shape index (κ2) is 7.68. The van der Waals surface area contributed by atoms with Crippen LogP contribution in [0, 0.1) is 18.6 Å². The lowest BCUT2D eigenvalue weighted by Gasteiger charge is -2.22. The van der Waals surface area contributed by atoms with Gasteiger partial charge in [0.2, 0.25) is 11.8 Å². The molecular weight excluding hydrogens is 314 g/mol. The van der Waals surface area contributed by atoms with Crippen LogP contribution >= 0.6 is 0 Å². The highest BCUT2D eigenvalue weighted by atomic mass is 19.1. The van der Waals surface area contributed by atoms with E-state index < -0.39 is 23.2 Å². The summed E-state index contributed by atoms with van der Waals surface area (Å²) in [5.41, 5.74) is 1.12. The first-order chi connectivity index (χ1) is 11.4. The summed E-state index contributed by atoms with van der Waals surface area (Å²) in [6, 6.07) is 10.6. The monoisotopic (exact) mass is 332 g/mol. The standard InChI is InChI=1S/C18H18F2N2O2/c1-12-6-3-4-9-16(12)22(13(2)23)11-10-17(24)21-18-14(19)7-5-8-15(18)20/h3-9H,10-11H2,1-2H3,(H,21,24). The second-order valence-corrected chi connectivity index (χ2v) is 5.35. The predicted molar refractivity (Wildman–Crippen MR) is 88.8 cm³/mol. The highest BCUT2D eigenvalue weighted by Crippen LogP contribution is 2.21. The normalized spacial score (nSPS) is 10.3. The fraction of sp³-hybridized carbons (Fsp3) is 0.222. The van der Waals surface area contributed by atoms with Gasteiger partial charge in [-0.25, -0.2) is 8.78 Å². The van der Waals surface area contributed by atoms with Crippen LogP contribution in [0.4, 0.5) is 20.2 Å². The number of aryl methyl sites for hydroxylation is 1. The molecule has 2 aromatic rings. The largest absolute Gasteiger partial charge is 0.321 e. The van der Waals surface area contributed by atoms with Gasteiger partial charge in [0, 0.05) is 25.6 Å². The van der Waals surface area contributed by atoms with Gasteiger partial charge in [-0.2, -0.15) is 0 Å². The Morgan fingerprint density at radius 2 is 1.67 bits per heavy atom. The van der Waals surface area contributed by atoms with E-state index in [0.717, 1.165) is 17.7 Å². The van der Waals surface area contributed by atoms with Gasteiger partial charge < -0.3 is 10.2 Å². The Hall–Kier alpha value is -2.76. The Balaban J connectivity index is 2.06. The molecule has 4 nitrogen and oxygen atoms in total. The van der Waals surface area contributed by atoms with Crippen LogP contribution in [0.15, 0.2) is 42.5 Å². The molecular formula is C18H18F2N2O2. The summed E-state index contributed by atoms with van der Waals surface area (Å²) in [5.74, 6) is -2.47. The average molecular weight is 332 g/mol. The lowest BCUT2D eigenvalue weighted by molar-refractivity contribution is -0.117. The van der Waals surface area contributed by atoms with Crippen LogP contribution in [0.1, 0.15) is 18.9 Å². The summed E-state index contributed by atoms with van der Waals surface area (Å²) in [7, 11) is 0. The molecule has 0 heterocycles. The summed E-state index contributed by atoms with van der Waals surface area (Å²) in [6.45, 7) is 3.38. The number of anilines is 2. The average Bonchev–Trinajstić information content (AvgIpc) is 2.52. The number of rotatable bonds is 5. The third-order valence-corrected chi connectivity index (χ3v) is 3.58. The molecule has 2 rings (SSSR count). The minimum Gasteiger partial charge on any atom is -0.321 e. The highest BCUT2D eigenvalue weighted by molar-refractivity contribution is 5.95. The molecule has 0 aliphatic rings. The third-order valence-electron chi connectivity index (χ3n) is 3.58. The number of nitrogens with one attached hydrogen (secondary N) is 1. The zero-order chi connectivity index (χ0) is 17.7. The van der Waals surface area contributed by atoms with Gasteiger partial charge in [-0.3, -0.25) is 9.59 Å². The minimum atomic E-state index is -0.842. The molecule has 0 atom stereocenters. The van der Waals surface area contributed by atoms with Crippen LogP contribution in [-0.4, -0.2) is 18.4 Å². The van der Waals surface area contributed by atoms with Crippen molar-refractivity contribution in [3.8, 4) is 0 Å². The molecule has 0 fully saturated rings. The molecule has 0 aliphatic carbocycles. The van der Waals surface area contributed by atoms with Gasteiger partial charge in [-0.1, -0.05) is 24.3 Å². The molecule has 1 N–H and O–H groups in total. The zero-order valence-electron chi connectivity index (χ0n) is 13.5. The van der Waals surface area contributed by atoms with Gasteiger partial charge >= 0.3 is 0 Å². The Labute approximate surface area is 139 Å². The van der Waals surface area contributed by atoms with Crippen molar-refractivity contribution in [1.29, 1.82) is 0 Å². The van der Waals surface area contributed by atoms with Crippen molar-refractivity contribution in [3.63, 3.8) is 0 Å². The third kappa shape index (κ3) is 4.16. The molecule has 0 bridgehead atoms. The van der Waals surface area contributed by atoms with Gasteiger partial charge in [0.15, 0.2) is 0 Å². The number of nitrogens with zero attached hydrogens (tertiary/aromatic N) is 1. The van der Waals surface area contributed by atoms with Gasteiger partial charge in [0.1, 0.15) is 17.3 Å². The summed E-state index contributed by atoms with van der Waals surface area (Å²) in [6.07, 6.45) is -0.0817. The quantitative estimate of drug-likeness (QED) is 0.908. The van der Waals surface area contributed by atoms with Crippen molar-refractivity contribution in [2.45, 2.75) is 20.3 Å². The first-order valence-electron chi connectivity index (χ1n) is 7.47. The Morgan fingerprint density at radius 3 is 2.25 bits per heavy atom. The lowest BCUT2D eigenvalue weighted by Crippen LogP contribution is -2.32. The van der Waals surface area contributed by atoms with Crippen molar-refractivity contribution in [2.24, 2.45) is 0 Å². The minimum absolute atomic E-state index is 0.0817. The molecule has 126 valence electrons. The SMILES string of the molecule is CC(=O)N(CCC(=O)Nc1c(F)cccc1F)c1ccccc1C. The van der Waals surface area contributed by atoms with Gasteiger partial charge in [0.25, 0.3) is 0 Å². The lowest BCUT2D eigenvalue weighted by atomic mass is 10.1. The van der Waals surface area contributed by atoms with Crippen molar-refractivity contribution in [3.05, 3.63) is 59.7 Å². The van der Waals surface area contributed by atoms with Crippen LogP contribution in [0.5, 0.6) is 0 Å². The molecule has 0 radical (unpaired) electrons. The number of para-hydroxylation sites is 2. The molecule has 0 aliphatic heterocycles. The summed E-state index contributed by atoms with van der Waals surface area (Å²) < 4.78 is 27.1. The fourth-order valence-electron chi connectivity index (χ4n) is 2.35. The van der Waals surface area contributed by atoms with E-state index in [0.29, 0.717) is 5.69 Å². The van der Waals surface area contributed by atoms with E-state index in [9.17, 15) is 18.4 Å².